The minimum Gasteiger partial charge on any atom is -0.440 e. The van der Waals surface area contributed by atoms with E-state index >= 15 is 0 Å². The first-order chi connectivity index (χ1) is 14.0. The van der Waals surface area contributed by atoms with Crippen LogP contribution in [0.4, 0.5) is 5.69 Å². The van der Waals surface area contributed by atoms with Gasteiger partial charge in [-0.3, -0.25) is 9.69 Å². The number of piperidine rings is 1. The summed E-state index contributed by atoms with van der Waals surface area (Å²) in [6.07, 6.45) is 2.08. The molecule has 29 heavy (non-hydrogen) atoms. The van der Waals surface area contributed by atoms with Gasteiger partial charge >= 0.3 is 0 Å². The number of hydrogen-bond acceptors (Lipinski definition) is 4. The number of aromatic nitrogens is 1. The average Bonchev–Trinajstić information content (AvgIpc) is 3.14. The van der Waals surface area contributed by atoms with Crippen molar-refractivity contribution in [3.05, 3.63) is 59.5 Å². The van der Waals surface area contributed by atoms with Gasteiger partial charge in [-0.15, -0.1) is 0 Å². The molecule has 1 N–H and O–H groups in total. The number of benzene rings is 2. The molecule has 1 aliphatic heterocycles. The fourth-order valence-corrected chi connectivity index (χ4v) is 4.19. The topological polar surface area (TPSA) is 58.4 Å². The van der Waals surface area contributed by atoms with Gasteiger partial charge < -0.3 is 9.73 Å². The Morgan fingerprint density at radius 2 is 2.07 bits per heavy atom. The molecule has 5 heteroatoms. The summed E-state index contributed by atoms with van der Waals surface area (Å²) in [5.41, 5.74) is 4.98. The molecule has 0 spiro atoms. The maximum atomic E-state index is 12.8. The first kappa shape index (κ1) is 19.6. The Morgan fingerprint density at radius 1 is 1.24 bits per heavy atom. The van der Waals surface area contributed by atoms with Gasteiger partial charge in [0.05, 0.1) is 6.54 Å². The standard InChI is InChI=1S/C24H29N3O2/c1-16(2)19-10-6-8-17(3)23(19)26-22(28)15-27-13-7-9-18(14-27)24-25-20-11-4-5-12-21(20)29-24/h4-6,8,10-12,16,18H,7,9,13-15H2,1-3H3,(H,26,28). The van der Waals surface area contributed by atoms with E-state index in [0.717, 1.165) is 54.2 Å². The van der Waals surface area contributed by atoms with Crippen LogP contribution in [0, 0.1) is 6.92 Å². The van der Waals surface area contributed by atoms with Crippen LogP contribution < -0.4 is 5.32 Å². The number of para-hydroxylation sites is 3. The summed E-state index contributed by atoms with van der Waals surface area (Å²) in [5.74, 6) is 1.43. The lowest BCUT2D eigenvalue weighted by molar-refractivity contribution is -0.117. The van der Waals surface area contributed by atoms with Gasteiger partial charge in [-0.25, -0.2) is 4.98 Å². The number of anilines is 1. The maximum absolute atomic E-state index is 12.8. The van der Waals surface area contributed by atoms with Crippen LogP contribution in [-0.2, 0) is 4.79 Å². The van der Waals surface area contributed by atoms with Gasteiger partial charge in [0, 0.05) is 18.2 Å². The first-order valence-electron chi connectivity index (χ1n) is 10.5. The molecule has 2 heterocycles. The number of fused-ring (bicyclic) bond motifs is 1. The largest absolute Gasteiger partial charge is 0.440 e. The predicted molar refractivity (Wildman–Crippen MR) is 116 cm³/mol. The lowest BCUT2D eigenvalue weighted by Gasteiger charge is -2.30. The zero-order chi connectivity index (χ0) is 20.4. The summed E-state index contributed by atoms with van der Waals surface area (Å²) >= 11 is 0. The summed E-state index contributed by atoms with van der Waals surface area (Å²) in [7, 11) is 0. The number of amides is 1. The molecule has 2 aromatic carbocycles. The van der Waals surface area contributed by atoms with E-state index in [1.807, 2.05) is 37.3 Å². The molecule has 4 rings (SSSR count). The monoisotopic (exact) mass is 391 g/mol. The summed E-state index contributed by atoms with van der Waals surface area (Å²) in [4.78, 5) is 19.7. The summed E-state index contributed by atoms with van der Waals surface area (Å²) in [5, 5.41) is 3.16. The number of carbonyl (C=O) groups is 1. The molecular weight excluding hydrogens is 362 g/mol. The third kappa shape index (κ3) is 4.35. The Morgan fingerprint density at radius 3 is 2.86 bits per heavy atom. The molecule has 1 aromatic heterocycles. The van der Waals surface area contributed by atoms with E-state index < -0.39 is 0 Å². The number of rotatable bonds is 5. The third-order valence-corrected chi connectivity index (χ3v) is 5.72. The van der Waals surface area contributed by atoms with Crippen molar-refractivity contribution >= 4 is 22.7 Å². The first-order valence-corrected chi connectivity index (χ1v) is 10.5. The van der Waals surface area contributed by atoms with E-state index in [2.05, 4.69) is 41.2 Å². The van der Waals surface area contributed by atoms with Crippen LogP contribution in [0.2, 0.25) is 0 Å². The highest BCUT2D eigenvalue weighted by atomic mass is 16.3. The predicted octanol–water partition coefficient (Wildman–Crippen LogP) is 5.08. The molecule has 1 aliphatic rings. The van der Waals surface area contributed by atoms with Crippen LogP contribution in [0.25, 0.3) is 11.1 Å². The summed E-state index contributed by atoms with van der Waals surface area (Å²) in [6.45, 7) is 8.47. The molecule has 1 fully saturated rings. The van der Waals surface area contributed by atoms with Gasteiger partial charge in [-0.2, -0.15) is 0 Å². The third-order valence-electron chi connectivity index (χ3n) is 5.72. The Kier molecular flexibility index (Phi) is 5.67. The fourth-order valence-electron chi connectivity index (χ4n) is 4.19. The summed E-state index contributed by atoms with van der Waals surface area (Å²) < 4.78 is 5.98. The molecule has 1 unspecified atom stereocenters. The highest BCUT2D eigenvalue weighted by Gasteiger charge is 2.26. The van der Waals surface area contributed by atoms with Crippen molar-refractivity contribution < 1.29 is 9.21 Å². The zero-order valence-corrected chi connectivity index (χ0v) is 17.4. The van der Waals surface area contributed by atoms with E-state index in [-0.39, 0.29) is 11.8 Å². The molecule has 5 nitrogen and oxygen atoms in total. The fraction of sp³-hybridized carbons (Fsp3) is 0.417. The van der Waals surface area contributed by atoms with Crippen molar-refractivity contribution in [3.63, 3.8) is 0 Å². The van der Waals surface area contributed by atoms with Gasteiger partial charge in [0.1, 0.15) is 5.52 Å². The second-order valence-corrected chi connectivity index (χ2v) is 8.34. The van der Waals surface area contributed by atoms with Crippen LogP contribution in [0.15, 0.2) is 46.9 Å². The second kappa shape index (κ2) is 8.37. The number of likely N-dealkylation sites (tertiary alicyclic amines) is 1. The van der Waals surface area contributed by atoms with Gasteiger partial charge in [-0.1, -0.05) is 44.2 Å². The molecule has 0 radical (unpaired) electrons. The van der Waals surface area contributed by atoms with E-state index in [1.54, 1.807) is 0 Å². The van der Waals surface area contributed by atoms with Crippen LogP contribution in [-0.4, -0.2) is 35.4 Å². The van der Waals surface area contributed by atoms with Gasteiger partial charge in [0.25, 0.3) is 0 Å². The number of aryl methyl sites for hydroxylation is 1. The number of nitrogens with zero attached hydrogens (tertiary/aromatic N) is 2. The second-order valence-electron chi connectivity index (χ2n) is 8.34. The van der Waals surface area contributed by atoms with Crippen molar-refractivity contribution in [3.8, 4) is 0 Å². The molecule has 3 aromatic rings. The van der Waals surface area contributed by atoms with Gasteiger partial charge in [0.15, 0.2) is 11.5 Å². The quantitative estimate of drug-likeness (QED) is 0.659. The van der Waals surface area contributed by atoms with Crippen LogP contribution in [0.3, 0.4) is 0 Å². The van der Waals surface area contributed by atoms with Crippen LogP contribution in [0.1, 0.15) is 55.5 Å². The average molecular weight is 392 g/mol. The van der Waals surface area contributed by atoms with Gasteiger partial charge in [0.2, 0.25) is 5.91 Å². The molecule has 0 bridgehead atoms. The van der Waals surface area contributed by atoms with Crippen molar-refractivity contribution in [1.29, 1.82) is 0 Å². The lowest BCUT2D eigenvalue weighted by Crippen LogP contribution is -2.40. The van der Waals surface area contributed by atoms with Crippen LogP contribution >= 0.6 is 0 Å². The molecular formula is C24H29N3O2. The minimum absolute atomic E-state index is 0.0411. The number of nitrogens with one attached hydrogen (secondary N) is 1. The van der Waals surface area contributed by atoms with Gasteiger partial charge in [-0.05, 0) is 55.5 Å². The van der Waals surface area contributed by atoms with Crippen LogP contribution in [0.5, 0.6) is 0 Å². The Balaban J connectivity index is 1.42. The Labute approximate surface area is 172 Å². The SMILES string of the molecule is Cc1cccc(C(C)C)c1NC(=O)CN1CCCC(c2nc3ccccc3o2)C1. The maximum Gasteiger partial charge on any atom is 0.238 e. The van der Waals surface area contributed by atoms with E-state index in [9.17, 15) is 4.79 Å². The Bertz CT molecular complexity index is 975. The Hall–Kier alpha value is -2.66. The molecule has 1 amide bonds. The molecule has 1 atom stereocenters. The van der Waals surface area contributed by atoms with Crippen molar-refractivity contribution in [2.45, 2.75) is 45.4 Å². The molecule has 1 saturated heterocycles. The minimum atomic E-state index is 0.0411. The van der Waals surface area contributed by atoms with Crippen molar-refractivity contribution in [1.82, 2.24) is 9.88 Å². The zero-order valence-electron chi connectivity index (χ0n) is 17.4. The highest BCUT2D eigenvalue weighted by molar-refractivity contribution is 5.94. The van der Waals surface area contributed by atoms with Crippen molar-refractivity contribution in [2.24, 2.45) is 0 Å². The van der Waals surface area contributed by atoms with Crippen molar-refractivity contribution in [2.75, 3.05) is 25.0 Å². The number of hydrogen-bond donors (Lipinski definition) is 1. The number of carbonyl (C=O) groups excluding carboxylic acids is 1. The van der Waals surface area contributed by atoms with E-state index in [0.29, 0.717) is 12.5 Å². The van der Waals surface area contributed by atoms with E-state index in [1.165, 1.54) is 5.56 Å². The normalized spacial score (nSPS) is 17.7. The molecule has 152 valence electrons. The van der Waals surface area contributed by atoms with E-state index in [4.69, 9.17) is 4.42 Å². The smallest absolute Gasteiger partial charge is 0.238 e. The highest BCUT2D eigenvalue weighted by Crippen LogP contribution is 2.30. The molecule has 0 saturated carbocycles. The lowest BCUT2D eigenvalue weighted by atomic mass is 9.97. The summed E-state index contributed by atoms with van der Waals surface area (Å²) in [6, 6.07) is 14.1. The number of oxazole rings is 1. The molecule has 0 aliphatic carbocycles.